The minimum atomic E-state index is -0.127. The highest BCUT2D eigenvalue weighted by Crippen LogP contribution is 2.31. The number of benzene rings is 1. The molecule has 0 aliphatic carbocycles. The molecule has 0 fully saturated rings. The molecule has 1 aromatic carbocycles. The van der Waals surface area contributed by atoms with Gasteiger partial charge in [-0.1, -0.05) is 30.8 Å². The first-order valence-corrected chi connectivity index (χ1v) is 12.8. The number of aromatic nitrogens is 2. The van der Waals surface area contributed by atoms with Crippen molar-refractivity contribution in [2.24, 2.45) is 0 Å². The number of amides is 1. The SMILES string of the molecule is CCc1sc2nc(SCC(=O)NCc3cccs3)n(-c3cccc(OC)c3)c(=O)c2c1C. The molecule has 4 aromatic rings. The number of carbonyl (C=O) groups excluding carboxylic acids is 1. The summed E-state index contributed by atoms with van der Waals surface area (Å²) in [7, 11) is 1.59. The third-order valence-electron chi connectivity index (χ3n) is 5.04. The lowest BCUT2D eigenvalue weighted by molar-refractivity contribution is -0.118. The summed E-state index contributed by atoms with van der Waals surface area (Å²) in [6, 6.07) is 11.3. The van der Waals surface area contributed by atoms with Gasteiger partial charge in [0.15, 0.2) is 5.16 Å². The van der Waals surface area contributed by atoms with E-state index >= 15 is 0 Å². The molecule has 0 saturated carbocycles. The zero-order valence-electron chi connectivity index (χ0n) is 18.0. The number of nitrogens with zero attached hydrogens (tertiary/aromatic N) is 2. The number of hydrogen-bond acceptors (Lipinski definition) is 7. The van der Waals surface area contributed by atoms with Crippen molar-refractivity contribution in [3.8, 4) is 11.4 Å². The fourth-order valence-electron chi connectivity index (χ4n) is 3.40. The lowest BCUT2D eigenvalue weighted by atomic mass is 10.2. The molecule has 3 heterocycles. The number of methoxy groups -OCH3 is 1. The summed E-state index contributed by atoms with van der Waals surface area (Å²) in [6.07, 6.45) is 0.846. The quantitative estimate of drug-likeness (QED) is 0.287. The first kappa shape index (κ1) is 22.6. The topological polar surface area (TPSA) is 73.2 Å². The molecule has 3 aromatic heterocycles. The van der Waals surface area contributed by atoms with Crippen LogP contribution < -0.4 is 15.6 Å². The second kappa shape index (κ2) is 9.89. The first-order valence-electron chi connectivity index (χ1n) is 10.1. The minimum absolute atomic E-state index is 0.105. The van der Waals surface area contributed by atoms with Gasteiger partial charge in [-0.2, -0.15) is 0 Å². The van der Waals surface area contributed by atoms with E-state index in [-0.39, 0.29) is 17.2 Å². The smallest absolute Gasteiger partial charge is 0.267 e. The number of aryl methyl sites for hydroxylation is 2. The van der Waals surface area contributed by atoms with Gasteiger partial charge in [-0.3, -0.25) is 14.2 Å². The first-order chi connectivity index (χ1) is 15.5. The number of fused-ring (bicyclic) bond motifs is 1. The summed E-state index contributed by atoms with van der Waals surface area (Å²) in [5.74, 6) is 0.708. The van der Waals surface area contributed by atoms with E-state index in [0.717, 1.165) is 21.7 Å². The average Bonchev–Trinajstić information content (AvgIpc) is 3.44. The van der Waals surface area contributed by atoms with E-state index in [9.17, 15) is 9.59 Å². The highest BCUT2D eigenvalue weighted by Gasteiger charge is 2.19. The Morgan fingerprint density at radius 2 is 2.12 bits per heavy atom. The molecule has 1 amide bonds. The van der Waals surface area contributed by atoms with Gasteiger partial charge >= 0.3 is 0 Å². The van der Waals surface area contributed by atoms with Crippen LogP contribution in [-0.2, 0) is 17.8 Å². The Labute approximate surface area is 198 Å². The van der Waals surface area contributed by atoms with E-state index in [4.69, 9.17) is 9.72 Å². The van der Waals surface area contributed by atoms with E-state index in [0.29, 0.717) is 33.4 Å². The second-order valence-electron chi connectivity index (χ2n) is 7.07. The molecule has 6 nitrogen and oxygen atoms in total. The van der Waals surface area contributed by atoms with Gasteiger partial charge in [0.1, 0.15) is 10.6 Å². The molecule has 0 atom stereocenters. The van der Waals surface area contributed by atoms with E-state index in [1.165, 1.54) is 11.8 Å². The van der Waals surface area contributed by atoms with Crippen LogP contribution in [0.25, 0.3) is 15.9 Å². The second-order valence-corrected chi connectivity index (χ2v) is 10.1. The molecular formula is C23H23N3O3S3. The van der Waals surface area contributed by atoms with Crippen LogP contribution in [0.4, 0.5) is 0 Å². The summed E-state index contributed by atoms with van der Waals surface area (Å²) < 4.78 is 6.94. The number of hydrogen-bond donors (Lipinski definition) is 1. The Hall–Kier alpha value is -2.62. The van der Waals surface area contributed by atoms with Crippen LogP contribution in [0.2, 0.25) is 0 Å². The molecule has 4 rings (SSSR count). The van der Waals surface area contributed by atoms with E-state index in [1.54, 1.807) is 40.4 Å². The van der Waals surface area contributed by atoms with E-state index in [1.807, 2.05) is 42.6 Å². The molecule has 32 heavy (non-hydrogen) atoms. The highest BCUT2D eigenvalue weighted by molar-refractivity contribution is 7.99. The molecular weight excluding hydrogens is 462 g/mol. The third kappa shape index (κ3) is 4.60. The maximum atomic E-state index is 13.6. The zero-order valence-corrected chi connectivity index (χ0v) is 20.5. The Balaban J connectivity index is 1.70. The van der Waals surface area contributed by atoms with Gasteiger partial charge in [-0.05, 0) is 42.5 Å². The van der Waals surface area contributed by atoms with Crippen LogP contribution in [-0.4, -0.2) is 28.3 Å². The van der Waals surface area contributed by atoms with Crippen LogP contribution >= 0.6 is 34.4 Å². The molecule has 0 unspecified atom stereocenters. The van der Waals surface area contributed by atoms with Crippen LogP contribution in [0.15, 0.2) is 51.7 Å². The van der Waals surface area contributed by atoms with Gasteiger partial charge in [0.25, 0.3) is 5.56 Å². The zero-order chi connectivity index (χ0) is 22.7. The molecule has 166 valence electrons. The van der Waals surface area contributed by atoms with Crippen molar-refractivity contribution in [3.63, 3.8) is 0 Å². The lowest BCUT2D eigenvalue weighted by Crippen LogP contribution is -2.26. The van der Waals surface area contributed by atoms with Crippen LogP contribution in [0.3, 0.4) is 0 Å². The number of carbonyl (C=O) groups is 1. The Kier molecular flexibility index (Phi) is 6.98. The van der Waals surface area contributed by atoms with Gasteiger partial charge in [0.05, 0.1) is 30.5 Å². The molecule has 0 radical (unpaired) electrons. The largest absolute Gasteiger partial charge is 0.497 e. The summed E-state index contributed by atoms with van der Waals surface area (Å²) in [6.45, 7) is 4.55. The Bertz CT molecular complexity index is 1310. The molecule has 1 N–H and O–H groups in total. The number of ether oxygens (including phenoxy) is 1. The van der Waals surface area contributed by atoms with Crippen molar-refractivity contribution in [2.75, 3.05) is 12.9 Å². The summed E-state index contributed by atoms with van der Waals surface area (Å²) >= 11 is 4.41. The average molecular weight is 486 g/mol. The van der Waals surface area contributed by atoms with Gasteiger partial charge in [0.2, 0.25) is 5.91 Å². The van der Waals surface area contributed by atoms with E-state index in [2.05, 4.69) is 12.2 Å². The van der Waals surface area contributed by atoms with Crippen molar-refractivity contribution in [1.82, 2.24) is 14.9 Å². The van der Waals surface area contributed by atoms with Crippen LogP contribution in [0.1, 0.15) is 22.2 Å². The number of thiophene rings is 2. The standard InChI is InChI=1S/C23H23N3O3S3/c1-4-18-14(2)20-21(32-18)25-23(31-13-19(27)24-12-17-9-6-10-30-17)26(22(20)28)15-7-5-8-16(11-15)29-3/h5-11H,4,12-13H2,1-3H3,(H,24,27). The Morgan fingerprint density at radius 1 is 1.28 bits per heavy atom. The summed E-state index contributed by atoms with van der Waals surface area (Å²) in [5, 5.41) is 6.04. The fraction of sp³-hybridized carbons (Fsp3) is 0.261. The predicted octanol–water partition coefficient (Wildman–Crippen LogP) is 4.80. The van der Waals surface area contributed by atoms with Crippen molar-refractivity contribution in [2.45, 2.75) is 32.0 Å². The molecule has 9 heteroatoms. The third-order valence-corrected chi connectivity index (χ3v) is 8.18. The fourth-order valence-corrected chi connectivity index (χ4v) is 6.05. The molecule has 0 saturated heterocycles. The van der Waals surface area contributed by atoms with E-state index < -0.39 is 0 Å². The van der Waals surface area contributed by atoms with Crippen molar-refractivity contribution in [3.05, 3.63) is 67.4 Å². The normalized spacial score (nSPS) is 11.1. The number of rotatable bonds is 8. The summed E-state index contributed by atoms with van der Waals surface area (Å²) in [5.41, 5.74) is 1.51. The van der Waals surface area contributed by atoms with Crippen molar-refractivity contribution in [1.29, 1.82) is 0 Å². The number of nitrogens with one attached hydrogen (secondary N) is 1. The molecule has 0 spiro atoms. The van der Waals surface area contributed by atoms with Gasteiger partial charge in [-0.25, -0.2) is 4.98 Å². The monoisotopic (exact) mass is 485 g/mol. The summed E-state index contributed by atoms with van der Waals surface area (Å²) in [4.78, 5) is 33.8. The van der Waals surface area contributed by atoms with Gasteiger partial charge < -0.3 is 10.1 Å². The number of thioether (sulfide) groups is 1. The maximum absolute atomic E-state index is 13.6. The van der Waals surface area contributed by atoms with Crippen LogP contribution in [0, 0.1) is 6.92 Å². The lowest BCUT2D eigenvalue weighted by Gasteiger charge is -2.13. The highest BCUT2D eigenvalue weighted by atomic mass is 32.2. The molecule has 0 bridgehead atoms. The van der Waals surface area contributed by atoms with Gasteiger partial charge in [-0.15, -0.1) is 22.7 Å². The minimum Gasteiger partial charge on any atom is -0.497 e. The predicted molar refractivity (Wildman–Crippen MR) is 133 cm³/mol. The Morgan fingerprint density at radius 3 is 2.84 bits per heavy atom. The van der Waals surface area contributed by atoms with Crippen molar-refractivity contribution >= 4 is 50.6 Å². The molecule has 0 aliphatic heterocycles. The molecule has 0 aliphatic rings. The van der Waals surface area contributed by atoms with Gasteiger partial charge in [0, 0.05) is 15.8 Å². The maximum Gasteiger partial charge on any atom is 0.267 e. The van der Waals surface area contributed by atoms with Crippen molar-refractivity contribution < 1.29 is 9.53 Å². The van der Waals surface area contributed by atoms with Crippen LogP contribution in [0.5, 0.6) is 5.75 Å².